The molecule has 0 saturated heterocycles. The largest absolute Gasteiger partial charge is 0.317 e. The second-order valence-corrected chi connectivity index (χ2v) is 6.85. The van der Waals surface area contributed by atoms with Crippen LogP contribution in [0.1, 0.15) is 36.0 Å². The molecule has 0 unspecified atom stereocenters. The molecule has 3 rings (SSSR count). The van der Waals surface area contributed by atoms with E-state index in [1.807, 2.05) is 12.1 Å². The summed E-state index contributed by atoms with van der Waals surface area (Å²) in [5.41, 5.74) is 4.17. The Labute approximate surface area is 142 Å². The first-order valence-corrected chi connectivity index (χ1v) is 8.68. The Bertz CT molecular complexity index is 654. The van der Waals surface area contributed by atoms with Gasteiger partial charge in [0.15, 0.2) is 0 Å². The Balaban J connectivity index is 1.95. The second-order valence-electron chi connectivity index (χ2n) is 6.04. The van der Waals surface area contributed by atoms with Crippen molar-refractivity contribution < 1.29 is 0 Å². The van der Waals surface area contributed by atoms with Gasteiger partial charge in [0.05, 0.1) is 10.0 Å². The lowest BCUT2D eigenvalue weighted by Crippen LogP contribution is -2.29. The summed E-state index contributed by atoms with van der Waals surface area (Å²) in [6.07, 6.45) is 2.31. The average Bonchev–Trinajstić information content (AvgIpc) is 2.54. The van der Waals surface area contributed by atoms with Crippen molar-refractivity contribution in [3.05, 3.63) is 69.2 Å². The lowest BCUT2D eigenvalue weighted by atomic mass is 9.74. The fourth-order valence-electron chi connectivity index (χ4n) is 3.46. The van der Waals surface area contributed by atoms with Gasteiger partial charge >= 0.3 is 0 Å². The summed E-state index contributed by atoms with van der Waals surface area (Å²) >= 11 is 12.3. The summed E-state index contributed by atoms with van der Waals surface area (Å²) in [5.74, 6) is 1.07. The van der Waals surface area contributed by atoms with E-state index in [1.54, 1.807) is 0 Å². The minimum absolute atomic E-state index is 0.406. The molecule has 0 amide bonds. The molecule has 3 heteroatoms. The first kappa shape index (κ1) is 15.9. The highest BCUT2D eigenvalue weighted by atomic mass is 35.5. The van der Waals surface area contributed by atoms with Gasteiger partial charge in [0.25, 0.3) is 0 Å². The molecular weight excluding hydrogens is 313 g/mol. The maximum atomic E-state index is 6.24. The van der Waals surface area contributed by atoms with E-state index < -0.39 is 0 Å². The summed E-state index contributed by atoms with van der Waals surface area (Å²) in [5, 5.41) is 4.76. The van der Waals surface area contributed by atoms with Crippen molar-refractivity contribution in [2.45, 2.75) is 25.7 Å². The van der Waals surface area contributed by atoms with Crippen molar-refractivity contribution in [1.29, 1.82) is 0 Å². The highest BCUT2D eigenvalue weighted by molar-refractivity contribution is 6.42. The van der Waals surface area contributed by atoms with Crippen LogP contribution >= 0.6 is 23.2 Å². The summed E-state index contributed by atoms with van der Waals surface area (Å²) in [6.45, 7) is 4.26. The van der Waals surface area contributed by atoms with Crippen molar-refractivity contribution in [2.24, 2.45) is 5.92 Å². The molecule has 1 aliphatic rings. The molecule has 0 saturated carbocycles. The van der Waals surface area contributed by atoms with E-state index in [0.29, 0.717) is 21.9 Å². The van der Waals surface area contributed by atoms with E-state index >= 15 is 0 Å². The van der Waals surface area contributed by atoms with E-state index in [-0.39, 0.29) is 0 Å². The van der Waals surface area contributed by atoms with Gasteiger partial charge in [-0.2, -0.15) is 0 Å². The summed E-state index contributed by atoms with van der Waals surface area (Å²) in [4.78, 5) is 0. The van der Waals surface area contributed by atoms with Crippen LogP contribution in [0.4, 0.5) is 0 Å². The van der Waals surface area contributed by atoms with E-state index in [1.165, 1.54) is 16.7 Å². The molecule has 0 heterocycles. The van der Waals surface area contributed by atoms with Gasteiger partial charge in [0.2, 0.25) is 0 Å². The highest BCUT2D eigenvalue weighted by Crippen LogP contribution is 2.40. The number of benzene rings is 2. The predicted molar refractivity (Wildman–Crippen MR) is 95.1 cm³/mol. The summed E-state index contributed by atoms with van der Waals surface area (Å²) in [6, 6.07) is 14.8. The van der Waals surface area contributed by atoms with Crippen LogP contribution < -0.4 is 5.32 Å². The zero-order chi connectivity index (χ0) is 15.5. The van der Waals surface area contributed by atoms with Crippen LogP contribution in [0.5, 0.6) is 0 Å². The van der Waals surface area contributed by atoms with Crippen LogP contribution in [0.25, 0.3) is 0 Å². The molecule has 2 atom stereocenters. The Morgan fingerprint density at radius 2 is 1.91 bits per heavy atom. The first-order chi connectivity index (χ1) is 10.7. The van der Waals surface area contributed by atoms with Gasteiger partial charge in [0, 0.05) is 5.92 Å². The minimum atomic E-state index is 0.406. The number of nitrogens with one attached hydrogen (secondary N) is 1. The van der Waals surface area contributed by atoms with Gasteiger partial charge in [-0.05, 0) is 60.7 Å². The molecular formula is C19H21Cl2N. The van der Waals surface area contributed by atoms with Crippen LogP contribution in [0.15, 0.2) is 42.5 Å². The molecule has 0 aliphatic heterocycles. The molecule has 2 aromatic rings. The number of rotatable bonds is 4. The molecule has 1 N–H and O–H groups in total. The van der Waals surface area contributed by atoms with Crippen molar-refractivity contribution in [2.75, 3.05) is 13.1 Å². The Hall–Kier alpha value is -1.02. The number of fused-ring (bicyclic) bond motifs is 1. The molecule has 2 aromatic carbocycles. The van der Waals surface area contributed by atoms with Crippen molar-refractivity contribution >= 4 is 23.2 Å². The maximum absolute atomic E-state index is 6.24. The normalized spacial score (nSPS) is 20.7. The number of hydrogen-bond acceptors (Lipinski definition) is 1. The Kier molecular flexibility index (Phi) is 5.07. The lowest BCUT2D eigenvalue weighted by molar-refractivity contribution is 0.405. The molecule has 1 nitrogen and oxygen atoms in total. The van der Waals surface area contributed by atoms with Gasteiger partial charge in [-0.3, -0.25) is 0 Å². The maximum Gasteiger partial charge on any atom is 0.0595 e. The third-order valence-electron chi connectivity index (χ3n) is 4.54. The van der Waals surface area contributed by atoms with Crippen LogP contribution in [0.2, 0.25) is 10.0 Å². The summed E-state index contributed by atoms with van der Waals surface area (Å²) in [7, 11) is 0. The van der Waals surface area contributed by atoms with Gasteiger partial charge in [0.1, 0.15) is 0 Å². The molecule has 0 aromatic heterocycles. The SMILES string of the molecule is CCNC[C@@H]1Cc2ccccc2[C@H](c2ccc(Cl)c(Cl)c2)C1. The second kappa shape index (κ2) is 7.04. The molecule has 0 fully saturated rings. The monoisotopic (exact) mass is 333 g/mol. The first-order valence-electron chi connectivity index (χ1n) is 7.92. The standard InChI is InChI=1S/C19H21Cl2N/c1-2-22-12-13-9-14-5-3-4-6-16(14)17(10-13)15-7-8-18(20)19(21)11-15/h3-8,11,13,17,22H,2,9-10,12H2,1H3/t13-,17+/m1/s1. The fraction of sp³-hybridized carbons (Fsp3) is 0.368. The molecule has 1 aliphatic carbocycles. The quantitative estimate of drug-likeness (QED) is 0.800. The number of hydrogen-bond donors (Lipinski definition) is 1. The molecule has 22 heavy (non-hydrogen) atoms. The third kappa shape index (κ3) is 3.32. The van der Waals surface area contributed by atoms with Gasteiger partial charge in [-0.1, -0.05) is 60.5 Å². The minimum Gasteiger partial charge on any atom is -0.317 e. The van der Waals surface area contributed by atoms with E-state index in [0.717, 1.165) is 25.9 Å². The number of halogens is 2. The van der Waals surface area contributed by atoms with Crippen LogP contribution in [-0.2, 0) is 6.42 Å². The van der Waals surface area contributed by atoms with Crippen LogP contribution in [0.3, 0.4) is 0 Å². The Morgan fingerprint density at radius 1 is 1.09 bits per heavy atom. The van der Waals surface area contributed by atoms with Crippen LogP contribution in [0, 0.1) is 5.92 Å². The van der Waals surface area contributed by atoms with E-state index in [2.05, 4.69) is 42.6 Å². The molecule has 0 radical (unpaired) electrons. The van der Waals surface area contributed by atoms with Gasteiger partial charge in [-0.15, -0.1) is 0 Å². The lowest BCUT2D eigenvalue weighted by Gasteiger charge is -2.32. The van der Waals surface area contributed by atoms with Gasteiger partial charge < -0.3 is 5.32 Å². The zero-order valence-corrected chi connectivity index (χ0v) is 14.3. The Morgan fingerprint density at radius 3 is 2.68 bits per heavy atom. The van der Waals surface area contributed by atoms with Crippen molar-refractivity contribution in [3.63, 3.8) is 0 Å². The highest BCUT2D eigenvalue weighted by Gasteiger charge is 2.27. The average molecular weight is 334 g/mol. The fourth-order valence-corrected chi connectivity index (χ4v) is 3.77. The topological polar surface area (TPSA) is 12.0 Å². The summed E-state index contributed by atoms with van der Waals surface area (Å²) < 4.78 is 0. The smallest absolute Gasteiger partial charge is 0.0595 e. The van der Waals surface area contributed by atoms with Crippen LogP contribution in [-0.4, -0.2) is 13.1 Å². The van der Waals surface area contributed by atoms with Crippen molar-refractivity contribution in [3.8, 4) is 0 Å². The van der Waals surface area contributed by atoms with Gasteiger partial charge in [-0.25, -0.2) is 0 Å². The van der Waals surface area contributed by atoms with Crippen molar-refractivity contribution in [1.82, 2.24) is 5.32 Å². The van der Waals surface area contributed by atoms with E-state index in [4.69, 9.17) is 23.2 Å². The third-order valence-corrected chi connectivity index (χ3v) is 5.28. The molecule has 0 bridgehead atoms. The predicted octanol–water partition coefficient (Wildman–Crippen LogP) is 5.30. The molecule has 116 valence electrons. The zero-order valence-electron chi connectivity index (χ0n) is 12.8. The van der Waals surface area contributed by atoms with E-state index in [9.17, 15) is 0 Å². The molecule has 0 spiro atoms.